The Balaban J connectivity index is 2.26. The Morgan fingerprint density at radius 2 is 2.10 bits per heavy atom. The molecule has 1 aromatic heterocycles. The van der Waals surface area contributed by atoms with E-state index in [2.05, 4.69) is 10.3 Å². The molecule has 0 aliphatic carbocycles. The second-order valence-corrected chi connectivity index (χ2v) is 4.64. The molecule has 0 saturated heterocycles. The predicted molar refractivity (Wildman–Crippen MR) is 80.9 cm³/mol. The average Bonchev–Trinajstić information content (AvgIpc) is 2.47. The number of aryl methyl sites for hydroxylation is 1. The lowest BCUT2D eigenvalue weighted by atomic mass is 10.2. The number of hydrogen-bond acceptors (Lipinski definition) is 5. The average molecular weight is 287 g/mol. The van der Waals surface area contributed by atoms with Crippen molar-refractivity contribution in [3.63, 3.8) is 0 Å². The number of nitro groups is 1. The molecule has 1 aromatic carbocycles. The number of nitrogens with one attached hydrogen (secondary N) is 1. The van der Waals surface area contributed by atoms with Crippen LogP contribution in [-0.4, -0.2) is 16.5 Å². The molecule has 21 heavy (non-hydrogen) atoms. The minimum atomic E-state index is -0.433. The van der Waals surface area contributed by atoms with Crippen molar-refractivity contribution in [2.45, 2.75) is 20.3 Å². The molecule has 0 aliphatic heterocycles. The van der Waals surface area contributed by atoms with E-state index in [0.717, 1.165) is 18.7 Å². The van der Waals surface area contributed by atoms with Crippen molar-refractivity contribution in [1.82, 2.24) is 4.98 Å². The van der Waals surface area contributed by atoms with Gasteiger partial charge in [0.2, 0.25) is 0 Å². The number of anilines is 1. The van der Waals surface area contributed by atoms with Crippen molar-refractivity contribution < 1.29 is 9.66 Å². The van der Waals surface area contributed by atoms with Gasteiger partial charge in [-0.05, 0) is 25.5 Å². The van der Waals surface area contributed by atoms with E-state index in [-0.39, 0.29) is 5.69 Å². The van der Waals surface area contributed by atoms with Crippen molar-refractivity contribution in [2.24, 2.45) is 0 Å². The number of rotatable bonds is 6. The van der Waals surface area contributed by atoms with Crippen LogP contribution in [0.2, 0.25) is 0 Å². The van der Waals surface area contributed by atoms with E-state index in [1.807, 2.05) is 19.9 Å². The summed E-state index contributed by atoms with van der Waals surface area (Å²) >= 11 is 0. The maximum absolute atomic E-state index is 11.0. The molecule has 1 heterocycles. The molecule has 6 heteroatoms. The summed E-state index contributed by atoms with van der Waals surface area (Å²) in [6.07, 6.45) is 2.52. The lowest BCUT2D eigenvalue weighted by Crippen LogP contribution is -2.01. The summed E-state index contributed by atoms with van der Waals surface area (Å²) in [5, 5.41) is 14.1. The molecule has 0 atom stereocenters. The van der Waals surface area contributed by atoms with Gasteiger partial charge in [0, 0.05) is 30.1 Å². The summed E-state index contributed by atoms with van der Waals surface area (Å²) in [5.41, 5.74) is 1.54. The Labute approximate surface area is 122 Å². The first-order valence-corrected chi connectivity index (χ1v) is 6.72. The van der Waals surface area contributed by atoms with Gasteiger partial charge < -0.3 is 10.1 Å². The Bertz CT molecular complexity index is 627. The molecule has 0 fully saturated rings. The quantitative estimate of drug-likeness (QED) is 0.643. The number of hydrogen-bond donors (Lipinski definition) is 1. The van der Waals surface area contributed by atoms with Gasteiger partial charge in [0.15, 0.2) is 0 Å². The summed E-state index contributed by atoms with van der Waals surface area (Å²) in [7, 11) is 0. The molecule has 0 bridgehead atoms. The van der Waals surface area contributed by atoms with E-state index in [0.29, 0.717) is 17.2 Å². The van der Waals surface area contributed by atoms with Crippen molar-refractivity contribution in [3.8, 4) is 11.5 Å². The van der Waals surface area contributed by atoms with Crippen LogP contribution >= 0.6 is 0 Å². The molecule has 0 saturated carbocycles. The molecular weight excluding hydrogens is 270 g/mol. The van der Waals surface area contributed by atoms with Crippen LogP contribution in [0.15, 0.2) is 36.5 Å². The van der Waals surface area contributed by atoms with Crippen LogP contribution in [-0.2, 0) is 0 Å². The zero-order valence-electron chi connectivity index (χ0n) is 12.0. The molecule has 0 radical (unpaired) electrons. The first-order chi connectivity index (χ1) is 10.1. The highest BCUT2D eigenvalue weighted by Gasteiger charge is 2.11. The van der Waals surface area contributed by atoms with Gasteiger partial charge in [-0.1, -0.05) is 6.92 Å². The van der Waals surface area contributed by atoms with Gasteiger partial charge in [0.05, 0.1) is 17.2 Å². The van der Waals surface area contributed by atoms with Crippen molar-refractivity contribution in [2.75, 3.05) is 11.9 Å². The third-order valence-electron chi connectivity index (χ3n) is 2.80. The molecule has 0 aliphatic rings. The second-order valence-electron chi connectivity index (χ2n) is 4.64. The molecular formula is C15H17N3O3. The van der Waals surface area contributed by atoms with Gasteiger partial charge in [-0.3, -0.25) is 15.1 Å². The highest BCUT2D eigenvalue weighted by Crippen LogP contribution is 2.29. The zero-order valence-corrected chi connectivity index (χ0v) is 12.0. The van der Waals surface area contributed by atoms with Crippen molar-refractivity contribution in [3.05, 3.63) is 52.3 Å². The third-order valence-corrected chi connectivity index (χ3v) is 2.80. The number of non-ortho nitro benzene ring substituents is 1. The normalized spacial score (nSPS) is 10.2. The van der Waals surface area contributed by atoms with Crippen LogP contribution in [0.25, 0.3) is 0 Å². The van der Waals surface area contributed by atoms with Crippen molar-refractivity contribution >= 4 is 11.4 Å². The number of benzene rings is 1. The lowest BCUT2D eigenvalue weighted by molar-refractivity contribution is -0.384. The monoisotopic (exact) mass is 287 g/mol. The third kappa shape index (κ3) is 4.17. The maximum atomic E-state index is 11.0. The number of nitrogens with zero attached hydrogens (tertiary/aromatic N) is 2. The van der Waals surface area contributed by atoms with Crippen molar-refractivity contribution in [1.29, 1.82) is 0 Å². The minimum absolute atomic E-state index is 0.00817. The van der Waals surface area contributed by atoms with Crippen LogP contribution in [0, 0.1) is 17.0 Å². The maximum Gasteiger partial charge on any atom is 0.275 e. The smallest absolute Gasteiger partial charge is 0.275 e. The zero-order chi connectivity index (χ0) is 15.2. The molecule has 0 spiro atoms. The molecule has 2 rings (SSSR count). The Morgan fingerprint density at radius 3 is 2.71 bits per heavy atom. The molecule has 0 amide bonds. The molecule has 0 unspecified atom stereocenters. The number of pyridine rings is 1. The summed E-state index contributed by atoms with van der Waals surface area (Å²) in [6, 6.07) is 8.23. The van der Waals surface area contributed by atoms with E-state index < -0.39 is 4.92 Å². The predicted octanol–water partition coefficient (Wildman–Crippen LogP) is 3.91. The second kappa shape index (κ2) is 6.69. The van der Waals surface area contributed by atoms with E-state index in [9.17, 15) is 10.1 Å². The van der Waals surface area contributed by atoms with Crippen LogP contribution < -0.4 is 10.1 Å². The van der Waals surface area contributed by atoms with E-state index >= 15 is 0 Å². The fourth-order valence-corrected chi connectivity index (χ4v) is 1.77. The van der Waals surface area contributed by atoms with Crippen LogP contribution in [0.1, 0.15) is 19.0 Å². The van der Waals surface area contributed by atoms with Gasteiger partial charge >= 0.3 is 0 Å². The minimum Gasteiger partial charge on any atom is -0.455 e. The van der Waals surface area contributed by atoms with Gasteiger partial charge in [-0.15, -0.1) is 0 Å². The van der Waals surface area contributed by atoms with Crippen LogP contribution in [0.4, 0.5) is 11.4 Å². The number of ether oxygens (including phenoxy) is 1. The van der Waals surface area contributed by atoms with Gasteiger partial charge in [0.1, 0.15) is 11.5 Å². The first kappa shape index (κ1) is 14.8. The summed E-state index contributed by atoms with van der Waals surface area (Å²) in [6.45, 7) is 4.65. The highest BCUT2D eigenvalue weighted by molar-refractivity contribution is 5.57. The van der Waals surface area contributed by atoms with E-state index in [1.54, 1.807) is 18.3 Å². The van der Waals surface area contributed by atoms with E-state index in [4.69, 9.17) is 4.74 Å². The van der Waals surface area contributed by atoms with E-state index in [1.165, 1.54) is 12.1 Å². The standard InChI is InChI=1S/C15H17N3O3/c1-3-6-16-12-7-13(18(19)20)9-15(8-12)21-14-5-4-11(2)17-10-14/h4-5,7-10,16H,3,6H2,1-2H3. The summed E-state index contributed by atoms with van der Waals surface area (Å²) in [5.74, 6) is 0.955. The summed E-state index contributed by atoms with van der Waals surface area (Å²) in [4.78, 5) is 14.7. The highest BCUT2D eigenvalue weighted by atomic mass is 16.6. The lowest BCUT2D eigenvalue weighted by Gasteiger charge is -2.09. The molecule has 6 nitrogen and oxygen atoms in total. The van der Waals surface area contributed by atoms with Gasteiger partial charge in [-0.2, -0.15) is 0 Å². The Kier molecular flexibility index (Phi) is 4.71. The Morgan fingerprint density at radius 1 is 1.29 bits per heavy atom. The molecule has 110 valence electrons. The fraction of sp³-hybridized carbons (Fsp3) is 0.267. The Hall–Kier alpha value is -2.63. The van der Waals surface area contributed by atoms with Crippen LogP contribution in [0.3, 0.4) is 0 Å². The number of aromatic nitrogens is 1. The first-order valence-electron chi connectivity index (χ1n) is 6.72. The van der Waals surface area contributed by atoms with Crippen LogP contribution in [0.5, 0.6) is 11.5 Å². The summed E-state index contributed by atoms with van der Waals surface area (Å²) < 4.78 is 5.64. The van der Waals surface area contributed by atoms with Gasteiger partial charge in [0.25, 0.3) is 5.69 Å². The van der Waals surface area contributed by atoms with Gasteiger partial charge in [-0.25, -0.2) is 0 Å². The number of nitro benzene ring substituents is 1. The fourth-order valence-electron chi connectivity index (χ4n) is 1.77. The molecule has 2 aromatic rings. The topological polar surface area (TPSA) is 77.3 Å². The largest absolute Gasteiger partial charge is 0.455 e. The SMILES string of the molecule is CCCNc1cc(Oc2ccc(C)nc2)cc([N+](=O)[O-])c1. The molecule has 1 N–H and O–H groups in total.